The summed E-state index contributed by atoms with van der Waals surface area (Å²) >= 11 is 18.7. The molecule has 0 aliphatic heterocycles. The Hall–Kier alpha value is -1.87. The summed E-state index contributed by atoms with van der Waals surface area (Å²) in [4.78, 5) is 25.9. The zero-order valence-corrected chi connectivity index (χ0v) is 19.5. The maximum Gasteiger partial charge on any atom is 0.341 e. The van der Waals surface area contributed by atoms with Gasteiger partial charge in [-0.15, -0.1) is 11.3 Å². The van der Waals surface area contributed by atoms with Crippen molar-refractivity contribution in [1.29, 1.82) is 0 Å². The molecule has 1 unspecified atom stereocenters. The molecule has 1 aliphatic rings. The Balaban J connectivity index is 1.67. The van der Waals surface area contributed by atoms with Crippen molar-refractivity contribution in [3.63, 3.8) is 0 Å². The number of ether oxygens (including phenoxy) is 2. The van der Waals surface area contributed by atoms with Crippen LogP contribution in [-0.2, 0) is 22.4 Å². The average molecular weight is 487 g/mol. The zero-order valence-electron chi connectivity index (χ0n) is 16.3. The highest BCUT2D eigenvalue weighted by Gasteiger charge is 2.27. The summed E-state index contributed by atoms with van der Waals surface area (Å²) in [6.07, 6.45) is 2.98. The van der Waals surface area contributed by atoms with E-state index in [-0.39, 0.29) is 5.11 Å². The maximum atomic E-state index is 12.5. The number of rotatable bonds is 5. The molecule has 1 aliphatic carbocycles. The fraction of sp³-hybridized carbons (Fsp3) is 0.350. The van der Waals surface area contributed by atoms with Crippen molar-refractivity contribution in [2.24, 2.45) is 0 Å². The quantitative estimate of drug-likeness (QED) is 0.457. The number of thiophene rings is 1. The summed E-state index contributed by atoms with van der Waals surface area (Å²) in [5.74, 6) is -0.541. The number of carbonyl (C=O) groups is 2. The molecule has 1 atom stereocenters. The molecule has 0 saturated heterocycles. The van der Waals surface area contributed by atoms with Gasteiger partial charge in [0.2, 0.25) is 0 Å². The number of methoxy groups -OCH3 is 1. The molecule has 0 fully saturated rings. The predicted molar refractivity (Wildman–Crippen MR) is 123 cm³/mol. The van der Waals surface area contributed by atoms with E-state index < -0.39 is 18.0 Å². The van der Waals surface area contributed by atoms with Crippen LogP contribution in [0.4, 0.5) is 5.00 Å². The fourth-order valence-electron chi connectivity index (χ4n) is 3.13. The van der Waals surface area contributed by atoms with Crippen molar-refractivity contribution in [2.75, 3.05) is 12.4 Å². The molecule has 1 amide bonds. The van der Waals surface area contributed by atoms with E-state index in [1.807, 2.05) is 0 Å². The second-order valence-electron chi connectivity index (χ2n) is 6.68. The molecule has 160 valence electrons. The maximum absolute atomic E-state index is 12.5. The van der Waals surface area contributed by atoms with Crippen LogP contribution in [0.1, 0.15) is 40.6 Å². The molecule has 30 heavy (non-hydrogen) atoms. The molecule has 3 rings (SSSR count). The van der Waals surface area contributed by atoms with Crippen LogP contribution in [0.3, 0.4) is 0 Å². The van der Waals surface area contributed by atoms with Gasteiger partial charge in [-0.3, -0.25) is 10.1 Å². The molecule has 0 spiro atoms. The Morgan fingerprint density at radius 1 is 1.23 bits per heavy atom. The number of hydrogen-bond acceptors (Lipinski definition) is 6. The summed E-state index contributed by atoms with van der Waals surface area (Å²) in [5.41, 5.74) is 1.50. The normalized spacial score (nSPS) is 13.7. The lowest BCUT2D eigenvalue weighted by atomic mass is 9.95. The number of thiocarbonyl (C=S) groups is 1. The van der Waals surface area contributed by atoms with Gasteiger partial charge in [0, 0.05) is 9.90 Å². The van der Waals surface area contributed by atoms with Crippen LogP contribution in [-0.4, -0.2) is 30.2 Å². The molecule has 6 nitrogen and oxygen atoms in total. The minimum Gasteiger partial charge on any atom is -0.479 e. The van der Waals surface area contributed by atoms with Crippen molar-refractivity contribution in [3.05, 3.63) is 44.2 Å². The molecule has 0 bridgehead atoms. The van der Waals surface area contributed by atoms with Gasteiger partial charge in [-0.1, -0.05) is 23.2 Å². The van der Waals surface area contributed by atoms with Crippen molar-refractivity contribution >= 4 is 68.7 Å². The van der Waals surface area contributed by atoms with E-state index in [9.17, 15) is 9.59 Å². The first-order valence-corrected chi connectivity index (χ1v) is 11.2. The van der Waals surface area contributed by atoms with E-state index in [0.717, 1.165) is 36.1 Å². The monoisotopic (exact) mass is 486 g/mol. The first kappa shape index (κ1) is 22.8. The number of fused-ring (bicyclic) bond motifs is 1. The van der Waals surface area contributed by atoms with E-state index in [1.54, 1.807) is 19.1 Å². The highest BCUT2D eigenvalue weighted by molar-refractivity contribution is 7.80. The van der Waals surface area contributed by atoms with Crippen LogP contribution in [0.25, 0.3) is 0 Å². The van der Waals surface area contributed by atoms with Crippen molar-refractivity contribution in [1.82, 2.24) is 5.32 Å². The minimum atomic E-state index is -0.861. The van der Waals surface area contributed by atoms with Gasteiger partial charge in [0.25, 0.3) is 5.91 Å². The molecular weight excluding hydrogens is 467 g/mol. The Morgan fingerprint density at radius 3 is 2.67 bits per heavy atom. The number of amides is 1. The SMILES string of the molecule is COC(=O)c1c(NC(=S)NC(=O)C(C)Oc2ccc(Cl)cc2Cl)sc2c1CCCC2. The molecule has 0 saturated carbocycles. The molecule has 2 N–H and O–H groups in total. The molecule has 2 aromatic rings. The van der Waals surface area contributed by atoms with Crippen LogP contribution in [0.2, 0.25) is 10.0 Å². The first-order valence-electron chi connectivity index (χ1n) is 9.26. The lowest BCUT2D eigenvalue weighted by molar-refractivity contribution is -0.125. The number of nitrogens with one attached hydrogen (secondary N) is 2. The van der Waals surface area contributed by atoms with Crippen LogP contribution < -0.4 is 15.4 Å². The third kappa shape index (κ3) is 5.24. The lowest BCUT2D eigenvalue weighted by Gasteiger charge is -2.16. The van der Waals surface area contributed by atoms with Crippen LogP contribution in [0, 0.1) is 0 Å². The van der Waals surface area contributed by atoms with E-state index in [1.165, 1.54) is 24.5 Å². The van der Waals surface area contributed by atoms with Gasteiger partial charge in [0.05, 0.1) is 17.7 Å². The van der Waals surface area contributed by atoms with Crippen molar-refractivity contribution < 1.29 is 19.1 Å². The first-order chi connectivity index (χ1) is 14.3. The van der Waals surface area contributed by atoms with Gasteiger partial charge in [0.15, 0.2) is 11.2 Å². The zero-order chi connectivity index (χ0) is 21.8. The van der Waals surface area contributed by atoms with Crippen molar-refractivity contribution in [3.8, 4) is 5.75 Å². The number of aryl methyl sites for hydroxylation is 1. The van der Waals surface area contributed by atoms with E-state index in [4.69, 9.17) is 44.9 Å². The highest BCUT2D eigenvalue weighted by atomic mass is 35.5. The van der Waals surface area contributed by atoms with Gasteiger partial charge in [-0.05, 0) is 68.6 Å². The summed E-state index contributed by atoms with van der Waals surface area (Å²) in [7, 11) is 1.35. The van der Waals surface area contributed by atoms with Gasteiger partial charge in [0.1, 0.15) is 10.8 Å². The molecule has 1 aromatic heterocycles. The van der Waals surface area contributed by atoms with Gasteiger partial charge in [-0.25, -0.2) is 4.79 Å². The van der Waals surface area contributed by atoms with E-state index >= 15 is 0 Å². The predicted octanol–water partition coefficient (Wildman–Crippen LogP) is 5.00. The smallest absolute Gasteiger partial charge is 0.341 e. The second kappa shape index (κ2) is 9.96. The van der Waals surface area contributed by atoms with Crippen molar-refractivity contribution in [2.45, 2.75) is 38.7 Å². The largest absolute Gasteiger partial charge is 0.479 e. The Morgan fingerprint density at radius 2 is 1.97 bits per heavy atom. The number of carbonyl (C=O) groups excluding carboxylic acids is 2. The molecule has 1 heterocycles. The topological polar surface area (TPSA) is 76.7 Å². The number of hydrogen-bond donors (Lipinski definition) is 2. The van der Waals surface area contributed by atoms with E-state index in [2.05, 4.69) is 10.6 Å². The Bertz CT molecular complexity index is 993. The minimum absolute atomic E-state index is 0.0707. The van der Waals surface area contributed by atoms with Crippen LogP contribution >= 0.6 is 46.8 Å². The number of benzene rings is 1. The van der Waals surface area contributed by atoms with Crippen LogP contribution in [0.15, 0.2) is 18.2 Å². The van der Waals surface area contributed by atoms with Gasteiger partial charge < -0.3 is 14.8 Å². The molecule has 1 aromatic carbocycles. The second-order valence-corrected chi connectivity index (χ2v) is 9.04. The van der Waals surface area contributed by atoms with E-state index in [0.29, 0.717) is 26.4 Å². The highest BCUT2D eigenvalue weighted by Crippen LogP contribution is 2.38. The Labute approximate surface area is 193 Å². The summed E-state index contributed by atoms with van der Waals surface area (Å²) < 4.78 is 10.5. The third-order valence-corrected chi connectivity index (χ3v) is 6.53. The summed E-state index contributed by atoms with van der Waals surface area (Å²) in [6, 6.07) is 4.73. The summed E-state index contributed by atoms with van der Waals surface area (Å²) in [5, 5.41) is 6.97. The Kier molecular flexibility index (Phi) is 7.57. The number of esters is 1. The molecular formula is C20H20Cl2N2O4S2. The molecule has 10 heteroatoms. The standard InChI is InChI=1S/C20H20Cl2N2O4S2/c1-10(28-14-8-7-11(21)9-13(14)22)17(25)23-20(29)24-18-16(19(26)27-2)12-5-3-4-6-15(12)30-18/h7-10H,3-6H2,1-2H3,(H2,23,24,25,29). The average Bonchev–Trinajstić information content (AvgIpc) is 3.06. The number of halogens is 2. The summed E-state index contributed by atoms with van der Waals surface area (Å²) in [6.45, 7) is 1.58. The van der Waals surface area contributed by atoms with Crippen LogP contribution in [0.5, 0.6) is 5.75 Å². The lowest BCUT2D eigenvalue weighted by Crippen LogP contribution is -2.42. The van der Waals surface area contributed by atoms with Gasteiger partial charge in [-0.2, -0.15) is 0 Å². The molecule has 0 radical (unpaired) electrons. The number of anilines is 1. The third-order valence-electron chi connectivity index (χ3n) is 4.59. The fourth-order valence-corrected chi connectivity index (χ4v) is 5.14. The van der Waals surface area contributed by atoms with Gasteiger partial charge >= 0.3 is 5.97 Å².